The van der Waals surface area contributed by atoms with Gasteiger partial charge in [0.2, 0.25) is 5.76 Å². The lowest BCUT2D eigenvalue weighted by Crippen LogP contribution is -2.19. The van der Waals surface area contributed by atoms with E-state index in [4.69, 9.17) is 13.7 Å². The van der Waals surface area contributed by atoms with Crippen molar-refractivity contribution >= 4 is 23.3 Å². The van der Waals surface area contributed by atoms with Crippen molar-refractivity contribution in [3.8, 4) is 11.5 Å². The second-order valence-corrected chi connectivity index (χ2v) is 5.86. The van der Waals surface area contributed by atoms with Crippen LogP contribution in [0.3, 0.4) is 0 Å². The fourth-order valence-electron chi connectivity index (χ4n) is 2.47. The highest BCUT2D eigenvalue weighted by molar-refractivity contribution is 6.05. The number of ketones is 1. The van der Waals surface area contributed by atoms with Crippen LogP contribution in [0.1, 0.15) is 45.1 Å². The summed E-state index contributed by atoms with van der Waals surface area (Å²) >= 11 is 0. The summed E-state index contributed by atoms with van der Waals surface area (Å²) in [7, 11) is 0. The number of ether oxygens (including phenoxy) is 1. The molecule has 0 radical (unpaired) electrons. The van der Waals surface area contributed by atoms with Crippen LogP contribution < -0.4 is 10.9 Å². The Hall–Kier alpha value is -4.01. The van der Waals surface area contributed by atoms with Crippen molar-refractivity contribution in [1.82, 2.24) is 5.16 Å². The molecule has 0 bridgehead atoms. The van der Waals surface area contributed by atoms with E-state index in [-0.39, 0.29) is 35.1 Å². The smallest absolute Gasteiger partial charge is 0.360 e. The van der Waals surface area contributed by atoms with Crippen LogP contribution in [0, 0.1) is 0 Å². The van der Waals surface area contributed by atoms with Gasteiger partial charge >= 0.3 is 11.6 Å². The van der Waals surface area contributed by atoms with Crippen LogP contribution in [0.4, 0.5) is 5.69 Å². The highest BCUT2D eigenvalue weighted by Crippen LogP contribution is 2.26. The Morgan fingerprint density at radius 1 is 1.14 bits per heavy atom. The van der Waals surface area contributed by atoms with Gasteiger partial charge < -0.3 is 19.0 Å². The van der Waals surface area contributed by atoms with Gasteiger partial charge in [0.25, 0.3) is 5.91 Å². The molecule has 3 aromatic rings. The summed E-state index contributed by atoms with van der Waals surface area (Å²) in [6, 6.07) is 10.6. The van der Waals surface area contributed by atoms with Crippen molar-refractivity contribution in [3.63, 3.8) is 0 Å². The molecule has 0 spiro atoms. The van der Waals surface area contributed by atoms with E-state index in [9.17, 15) is 19.2 Å². The van der Waals surface area contributed by atoms with Crippen LogP contribution >= 0.6 is 0 Å². The van der Waals surface area contributed by atoms with Gasteiger partial charge in [0, 0.05) is 11.6 Å². The van der Waals surface area contributed by atoms with Gasteiger partial charge in [-0.05, 0) is 32.0 Å². The second-order valence-electron chi connectivity index (χ2n) is 5.86. The fraction of sp³-hybridized carbons (Fsp3) is 0.150. The molecule has 0 unspecified atom stereocenters. The lowest BCUT2D eigenvalue weighted by Gasteiger charge is -2.07. The maximum Gasteiger partial charge on any atom is 0.360 e. The summed E-state index contributed by atoms with van der Waals surface area (Å²) in [5.74, 6) is -2.02. The lowest BCUT2D eigenvalue weighted by atomic mass is 10.1. The van der Waals surface area contributed by atoms with E-state index in [0.717, 1.165) is 0 Å². The summed E-state index contributed by atoms with van der Waals surface area (Å²) in [5, 5.41) is 5.98. The number of hydrogen-bond donors (Lipinski definition) is 1. The van der Waals surface area contributed by atoms with E-state index in [2.05, 4.69) is 10.5 Å². The van der Waals surface area contributed by atoms with Gasteiger partial charge in [-0.3, -0.25) is 9.59 Å². The molecule has 0 saturated heterocycles. The quantitative estimate of drug-likeness (QED) is 0.497. The summed E-state index contributed by atoms with van der Waals surface area (Å²) in [6.45, 7) is 3.03. The zero-order chi connectivity index (χ0) is 21.0. The SMILES string of the molecule is CCOC(=O)c1cc(-c2oc(=O)c(NC(=O)c3ccccc3)cc2C(C)=O)on1. The number of nitrogens with one attached hydrogen (secondary N) is 1. The van der Waals surface area contributed by atoms with Gasteiger partial charge in [-0.15, -0.1) is 0 Å². The third-order valence-electron chi connectivity index (χ3n) is 3.83. The first-order valence-electron chi connectivity index (χ1n) is 8.60. The molecule has 2 heterocycles. The molecule has 3 rings (SSSR count). The Bertz CT molecular complexity index is 1130. The van der Waals surface area contributed by atoms with E-state index in [1.54, 1.807) is 37.3 Å². The molecule has 1 amide bonds. The first-order chi connectivity index (χ1) is 13.9. The first-order valence-corrected chi connectivity index (χ1v) is 8.60. The number of nitrogens with zero attached hydrogens (tertiary/aromatic N) is 1. The van der Waals surface area contributed by atoms with E-state index < -0.39 is 23.3 Å². The Kier molecular flexibility index (Phi) is 5.68. The zero-order valence-electron chi connectivity index (χ0n) is 15.6. The van der Waals surface area contributed by atoms with Crippen molar-refractivity contribution in [3.05, 3.63) is 69.7 Å². The Morgan fingerprint density at radius 2 is 1.86 bits per heavy atom. The van der Waals surface area contributed by atoms with Crippen LogP contribution in [0.5, 0.6) is 0 Å². The minimum atomic E-state index is -0.900. The Morgan fingerprint density at radius 3 is 2.52 bits per heavy atom. The monoisotopic (exact) mass is 396 g/mol. The maximum atomic E-state index is 12.4. The molecular formula is C20H16N2O7. The Labute approximate surface area is 164 Å². The van der Waals surface area contributed by atoms with E-state index >= 15 is 0 Å². The van der Waals surface area contributed by atoms with Gasteiger partial charge in [0.1, 0.15) is 5.69 Å². The molecule has 148 valence electrons. The van der Waals surface area contributed by atoms with E-state index in [1.807, 2.05) is 0 Å². The molecule has 2 aromatic heterocycles. The van der Waals surface area contributed by atoms with Crippen molar-refractivity contribution in [1.29, 1.82) is 0 Å². The van der Waals surface area contributed by atoms with Crippen LogP contribution in [0.2, 0.25) is 0 Å². The third-order valence-corrected chi connectivity index (χ3v) is 3.83. The maximum absolute atomic E-state index is 12.4. The molecule has 1 aromatic carbocycles. The zero-order valence-corrected chi connectivity index (χ0v) is 15.6. The minimum Gasteiger partial charge on any atom is -0.461 e. The molecule has 0 saturated carbocycles. The van der Waals surface area contributed by atoms with E-state index in [0.29, 0.717) is 5.56 Å². The first kappa shape index (κ1) is 19.7. The molecule has 0 aliphatic rings. The molecular weight excluding hydrogens is 380 g/mol. The van der Waals surface area contributed by atoms with Gasteiger partial charge in [-0.25, -0.2) is 9.59 Å². The Balaban J connectivity index is 1.97. The minimum absolute atomic E-state index is 0.0282. The molecule has 1 N–H and O–H groups in total. The molecule has 0 aliphatic heterocycles. The summed E-state index contributed by atoms with van der Waals surface area (Å²) in [6.07, 6.45) is 0. The van der Waals surface area contributed by atoms with Gasteiger partial charge in [0.15, 0.2) is 17.2 Å². The number of Topliss-reactive ketones (excluding diaryl/α,β-unsaturated/α-hetero) is 1. The predicted molar refractivity (Wildman–Crippen MR) is 101 cm³/mol. The van der Waals surface area contributed by atoms with Crippen LogP contribution in [-0.4, -0.2) is 29.4 Å². The fourth-order valence-corrected chi connectivity index (χ4v) is 2.47. The normalized spacial score (nSPS) is 10.4. The molecule has 29 heavy (non-hydrogen) atoms. The predicted octanol–water partition coefficient (Wildman–Crippen LogP) is 2.93. The number of carbonyl (C=O) groups is 3. The summed E-state index contributed by atoms with van der Waals surface area (Å²) in [5.41, 5.74) is -0.948. The second kappa shape index (κ2) is 8.34. The molecule has 9 nitrogen and oxygen atoms in total. The highest BCUT2D eigenvalue weighted by atomic mass is 16.5. The van der Waals surface area contributed by atoms with Crippen molar-refractivity contribution in [2.45, 2.75) is 13.8 Å². The number of esters is 1. The van der Waals surface area contributed by atoms with Crippen LogP contribution in [0.15, 0.2) is 56.2 Å². The van der Waals surface area contributed by atoms with Gasteiger partial charge in [0.05, 0.1) is 12.2 Å². The highest BCUT2D eigenvalue weighted by Gasteiger charge is 2.23. The molecule has 0 fully saturated rings. The van der Waals surface area contributed by atoms with Crippen LogP contribution in [0.25, 0.3) is 11.5 Å². The number of amides is 1. The molecule has 0 aliphatic carbocycles. The molecule has 0 atom stereocenters. The number of anilines is 1. The third kappa shape index (κ3) is 4.29. The lowest BCUT2D eigenvalue weighted by molar-refractivity contribution is 0.0514. The van der Waals surface area contributed by atoms with Crippen molar-refractivity contribution < 1.29 is 28.1 Å². The number of rotatable bonds is 6. The average Bonchev–Trinajstić information content (AvgIpc) is 3.20. The standard InChI is InChI=1S/C20H16N2O7/c1-3-27-19(25)15-10-16(29-22-15)17-13(11(2)23)9-14(20(26)28-17)21-18(24)12-7-5-4-6-8-12/h4-10H,3H2,1-2H3,(H,21,24). The number of aromatic nitrogens is 1. The average molecular weight is 396 g/mol. The van der Waals surface area contributed by atoms with Gasteiger partial charge in [-0.2, -0.15) is 0 Å². The molecule has 9 heteroatoms. The largest absolute Gasteiger partial charge is 0.461 e. The van der Waals surface area contributed by atoms with Crippen molar-refractivity contribution in [2.75, 3.05) is 11.9 Å². The van der Waals surface area contributed by atoms with Gasteiger partial charge in [-0.1, -0.05) is 23.4 Å². The summed E-state index contributed by atoms with van der Waals surface area (Å²) < 4.78 is 15.0. The topological polar surface area (TPSA) is 129 Å². The van der Waals surface area contributed by atoms with E-state index in [1.165, 1.54) is 19.1 Å². The number of hydrogen-bond acceptors (Lipinski definition) is 8. The van der Waals surface area contributed by atoms with Crippen LogP contribution in [-0.2, 0) is 4.74 Å². The number of carbonyl (C=O) groups excluding carboxylic acids is 3. The van der Waals surface area contributed by atoms with Crippen molar-refractivity contribution in [2.24, 2.45) is 0 Å². The summed E-state index contributed by atoms with van der Waals surface area (Å²) in [4.78, 5) is 48.4. The number of benzene rings is 1.